The van der Waals surface area contributed by atoms with Crippen molar-refractivity contribution < 1.29 is 4.42 Å². The summed E-state index contributed by atoms with van der Waals surface area (Å²) < 4.78 is 6.51. The molecule has 7 aromatic rings. The maximum atomic E-state index is 6.51. The van der Waals surface area contributed by atoms with Gasteiger partial charge in [0, 0.05) is 32.9 Å². The van der Waals surface area contributed by atoms with Gasteiger partial charge in [-0.25, -0.2) is 9.97 Å². The second-order valence-corrected chi connectivity index (χ2v) is 11.0. The summed E-state index contributed by atoms with van der Waals surface area (Å²) in [5.74, 6) is 0.690. The zero-order chi connectivity index (χ0) is 26.8. The molecule has 0 radical (unpaired) electrons. The number of nitrogens with zero attached hydrogens (tertiary/aromatic N) is 2. The summed E-state index contributed by atoms with van der Waals surface area (Å²) in [6.07, 6.45) is 0. The van der Waals surface area contributed by atoms with Crippen molar-refractivity contribution in [1.29, 1.82) is 0 Å². The number of furan rings is 1. The SMILES string of the molecule is CC1(C)c2ccccc2-c2cc3c(cc21)oc1cccc(-c2nc(-c4ccccc4)cc(-c4ccccc4)n2)c13. The summed E-state index contributed by atoms with van der Waals surface area (Å²) in [5, 5.41) is 2.14. The highest BCUT2D eigenvalue weighted by molar-refractivity contribution is 6.13. The van der Waals surface area contributed by atoms with Gasteiger partial charge >= 0.3 is 0 Å². The first-order valence-electron chi connectivity index (χ1n) is 13.7. The molecule has 40 heavy (non-hydrogen) atoms. The van der Waals surface area contributed by atoms with E-state index in [9.17, 15) is 0 Å². The Morgan fingerprint density at radius 2 is 1.15 bits per heavy atom. The van der Waals surface area contributed by atoms with Crippen molar-refractivity contribution in [3.05, 3.63) is 132 Å². The monoisotopic (exact) mass is 514 g/mol. The van der Waals surface area contributed by atoms with Gasteiger partial charge in [0.15, 0.2) is 5.82 Å². The second-order valence-electron chi connectivity index (χ2n) is 11.0. The fourth-order valence-corrected chi connectivity index (χ4v) is 6.29. The molecule has 0 saturated carbocycles. The molecule has 0 saturated heterocycles. The van der Waals surface area contributed by atoms with E-state index in [-0.39, 0.29) is 5.41 Å². The third-order valence-corrected chi connectivity index (χ3v) is 8.31. The van der Waals surface area contributed by atoms with E-state index in [1.165, 1.54) is 22.3 Å². The number of aromatic nitrogens is 2. The molecule has 0 fully saturated rings. The van der Waals surface area contributed by atoms with Crippen LogP contribution < -0.4 is 0 Å². The highest BCUT2D eigenvalue weighted by Crippen LogP contribution is 2.51. The first-order valence-corrected chi connectivity index (χ1v) is 13.7. The molecule has 8 rings (SSSR count). The molecule has 0 atom stereocenters. The molecule has 2 heterocycles. The van der Waals surface area contributed by atoms with Crippen LogP contribution >= 0.6 is 0 Å². The van der Waals surface area contributed by atoms with Crippen molar-refractivity contribution >= 4 is 21.9 Å². The number of hydrogen-bond donors (Lipinski definition) is 0. The molecule has 3 heteroatoms. The van der Waals surface area contributed by atoms with Gasteiger partial charge in [-0.15, -0.1) is 0 Å². The zero-order valence-electron chi connectivity index (χ0n) is 22.3. The molecule has 2 aromatic heterocycles. The van der Waals surface area contributed by atoms with Crippen LogP contribution in [0.25, 0.3) is 67.0 Å². The average molecular weight is 515 g/mol. The van der Waals surface area contributed by atoms with Crippen LogP contribution in [0.4, 0.5) is 0 Å². The van der Waals surface area contributed by atoms with E-state index in [1.807, 2.05) is 48.5 Å². The predicted octanol–water partition coefficient (Wildman–Crippen LogP) is 9.68. The molecule has 1 aliphatic carbocycles. The molecule has 0 unspecified atom stereocenters. The molecule has 1 aliphatic rings. The molecule has 0 spiro atoms. The molecule has 5 aromatic carbocycles. The topological polar surface area (TPSA) is 38.9 Å². The van der Waals surface area contributed by atoms with Crippen molar-refractivity contribution in [2.24, 2.45) is 0 Å². The van der Waals surface area contributed by atoms with Crippen LogP contribution in [0.3, 0.4) is 0 Å². The van der Waals surface area contributed by atoms with Crippen molar-refractivity contribution in [1.82, 2.24) is 9.97 Å². The molecule has 190 valence electrons. The summed E-state index contributed by atoms with van der Waals surface area (Å²) in [4.78, 5) is 10.2. The summed E-state index contributed by atoms with van der Waals surface area (Å²) in [6.45, 7) is 4.59. The van der Waals surface area contributed by atoms with E-state index in [2.05, 4.69) is 86.6 Å². The van der Waals surface area contributed by atoms with E-state index in [1.54, 1.807) is 0 Å². The Bertz CT molecular complexity index is 2010. The lowest BCUT2D eigenvalue weighted by atomic mass is 9.82. The lowest BCUT2D eigenvalue weighted by molar-refractivity contribution is 0.647. The van der Waals surface area contributed by atoms with Gasteiger partial charge in [0.1, 0.15) is 11.2 Å². The van der Waals surface area contributed by atoms with Gasteiger partial charge in [0.25, 0.3) is 0 Å². The number of rotatable bonds is 3. The van der Waals surface area contributed by atoms with Crippen LogP contribution in [0.15, 0.2) is 126 Å². The van der Waals surface area contributed by atoms with Gasteiger partial charge in [-0.1, -0.05) is 111 Å². The van der Waals surface area contributed by atoms with Crippen LogP contribution in [0, 0.1) is 0 Å². The van der Waals surface area contributed by atoms with Gasteiger partial charge in [-0.05, 0) is 46.5 Å². The van der Waals surface area contributed by atoms with Crippen LogP contribution in [0.2, 0.25) is 0 Å². The van der Waals surface area contributed by atoms with Crippen molar-refractivity contribution in [3.8, 4) is 45.0 Å². The number of benzene rings is 5. The van der Waals surface area contributed by atoms with Crippen LogP contribution in [0.1, 0.15) is 25.0 Å². The van der Waals surface area contributed by atoms with Crippen molar-refractivity contribution in [3.63, 3.8) is 0 Å². The summed E-state index contributed by atoms with van der Waals surface area (Å²) in [5.41, 5.74) is 11.8. The Hall–Kier alpha value is -5.02. The average Bonchev–Trinajstić information content (AvgIpc) is 3.49. The minimum atomic E-state index is -0.0837. The Labute approximate surface area is 232 Å². The third-order valence-electron chi connectivity index (χ3n) is 8.31. The molecule has 0 aliphatic heterocycles. The number of fused-ring (bicyclic) bond motifs is 6. The maximum absolute atomic E-state index is 6.51. The smallest absolute Gasteiger partial charge is 0.161 e. The summed E-state index contributed by atoms with van der Waals surface area (Å²) in [6, 6.07) is 42.2. The van der Waals surface area contributed by atoms with E-state index < -0.39 is 0 Å². The fraction of sp³-hybridized carbons (Fsp3) is 0.0811. The van der Waals surface area contributed by atoms with Crippen molar-refractivity contribution in [2.75, 3.05) is 0 Å². The third kappa shape index (κ3) is 3.37. The highest BCUT2D eigenvalue weighted by Gasteiger charge is 2.36. The molecular weight excluding hydrogens is 488 g/mol. The summed E-state index contributed by atoms with van der Waals surface area (Å²) >= 11 is 0. The van der Waals surface area contributed by atoms with E-state index in [0.717, 1.165) is 50.0 Å². The van der Waals surface area contributed by atoms with E-state index in [4.69, 9.17) is 14.4 Å². The van der Waals surface area contributed by atoms with E-state index in [0.29, 0.717) is 5.82 Å². The van der Waals surface area contributed by atoms with Gasteiger partial charge in [-0.2, -0.15) is 0 Å². The Morgan fingerprint density at radius 3 is 1.85 bits per heavy atom. The predicted molar refractivity (Wildman–Crippen MR) is 163 cm³/mol. The standard InChI is InChI=1S/C37H26N2O/c1-37(2)29-18-10-9-16-25(29)27-20-28-34(21-30(27)37)40-33-19-11-17-26(35(28)33)36-38-31(23-12-5-3-6-13-23)22-32(39-36)24-14-7-4-8-15-24/h3-22H,1-2H3. The molecular formula is C37H26N2O. The molecule has 0 bridgehead atoms. The molecule has 0 N–H and O–H groups in total. The van der Waals surface area contributed by atoms with Crippen LogP contribution in [0.5, 0.6) is 0 Å². The second kappa shape index (κ2) is 8.49. The van der Waals surface area contributed by atoms with Gasteiger partial charge in [0.05, 0.1) is 11.4 Å². The first-order chi connectivity index (χ1) is 19.6. The van der Waals surface area contributed by atoms with Gasteiger partial charge in [-0.3, -0.25) is 0 Å². The largest absolute Gasteiger partial charge is 0.456 e. The number of hydrogen-bond acceptors (Lipinski definition) is 3. The summed E-state index contributed by atoms with van der Waals surface area (Å²) in [7, 11) is 0. The van der Waals surface area contributed by atoms with Gasteiger partial charge in [0.2, 0.25) is 0 Å². The minimum Gasteiger partial charge on any atom is -0.456 e. The molecule has 3 nitrogen and oxygen atoms in total. The fourth-order valence-electron chi connectivity index (χ4n) is 6.29. The maximum Gasteiger partial charge on any atom is 0.161 e. The lowest BCUT2D eigenvalue weighted by Gasteiger charge is -2.21. The van der Waals surface area contributed by atoms with Gasteiger partial charge < -0.3 is 4.42 Å². The molecule has 0 amide bonds. The Morgan fingerprint density at radius 1 is 0.525 bits per heavy atom. The lowest BCUT2D eigenvalue weighted by Crippen LogP contribution is -2.14. The van der Waals surface area contributed by atoms with Crippen LogP contribution in [-0.2, 0) is 5.41 Å². The Kier molecular flexibility index (Phi) is 4.86. The quantitative estimate of drug-likeness (QED) is 0.236. The van der Waals surface area contributed by atoms with Crippen molar-refractivity contribution in [2.45, 2.75) is 19.3 Å². The normalized spacial score (nSPS) is 13.4. The van der Waals surface area contributed by atoms with E-state index >= 15 is 0 Å². The first kappa shape index (κ1) is 22.9. The Balaban J connectivity index is 1.41. The van der Waals surface area contributed by atoms with Crippen LogP contribution in [-0.4, -0.2) is 9.97 Å². The highest BCUT2D eigenvalue weighted by atomic mass is 16.3. The zero-order valence-corrected chi connectivity index (χ0v) is 22.3. The minimum absolute atomic E-state index is 0.0837.